The Morgan fingerprint density at radius 3 is 2.75 bits per heavy atom. The molecule has 0 radical (unpaired) electrons. The molecule has 2 N–H and O–H groups in total. The second kappa shape index (κ2) is 6.36. The van der Waals surface area contributed by atoms with Crippen LogP contribution >= 0.6 is 39.7 Å². The van der Waals surface area contributed by atoms with Crippen molar-refractivity contribution >= 4 is 39.7 Å². The van der Waals surface area contributed by atoms with Gasteiger partial charge in [0.05, 0.1) is 0 Å². The van der Waals surface area contributed by atoms with Gasteiger partial charge in [-0.3, -0.25) is 4.90 Å². The Hall–Kier alpha value is 0.390. The molecule has 1 heterocycles. The molecule has 1 unspecified atom stereocenters. The van der Waals surface area contributed by atoms with Crippen LogP contribution in [0.4, 0.5) is 0 Å². The normalized spacial score (nSPS) is 17.2. The van der Waals surface area contributed by atoms with Crippen LogP contribution in [0.5, 0.6) is 0 Å². The molecule has 0 aromatic carbocycles. The number of thiophene rings is 1. The van der Waals surface area contributed by atoms with E-state index in [0.29, 0.717) is 6.04 Å². The Bertz CT molecular complexity index is 328. The van der Waals surface area contributed by atoms with Crippen molar-refractivity contribution in [2.45, 2.75) is 25.4 Å². The third-order valence-electron chi connectivity index (χ3n) is 3.06. The Labute approximate surface area is 116 Å². The number of hydrogen-bond acceptors (Lipinski definition) is 3. The summed E-state index contributed by atoms with van der Waals surface area (Å²) in [5, 5.41) is 2.13. The van der Waals surface area contributed by atoms with Gasteiger partial charge in [-0.15, -0.1) is 23.7 Å². The molecule has 0 spiro atoms. The van der Waals surface area contributed by atoms with Crippen LogP contribution in [-0.2, 0) is 6.54 Å². The maximum absolute atomic E-state index is 5.83. The molecule has 1 aliphatic carbocycles. The van der Waals surface area contributed by atoms with Crippen LogP contribution in [0.15, 0.2) is 15.9 Å². The lowest BCUT2D eigenvalue weighted by atomic mass is 10.1. The smallest absolute Gasteiger partial charge is 0.0339 e. The fourth-order valence-corrected chi connectivity index (χ4v) is 3.54. The van der Waals surface area contributed by atoms with E-state index in [2.05, 4.69) is 39.3 Å². The van der Waals surface area contributed by atoms with Gasteiger partial charge in [0.25, 0.3) is 0 Å². The van der Waals surface area contributed by atoms with Crippen molar-refractivity contribution in [3.63, 3.8) is 0 Å². The molecule has 1 fully saturated rings. The van der Waals surface area contributed by atoms with Gasteiger partial charge in [0, 0.05) is 28.5 Å². The van der Waals surface area contributed by atoms with Gasteiger partial charge in [0.2, 0.25) is 0 Å². The first-order valence-electron chi connectivity index (χ1n) is 5.34. The van der Waals surface area contributed by atoms with Gasteiger partial charge in [-0.2, -0.15) is 0 Å². The first kappa shape index (κ1) is 14.5. The van der Waals surface area contributed by atoms with Gasteiger partial charge in [-0.1, -0.05) is 0 Å². The molecule has 92 valence electrons. The highest BCUT2D eigenvalue weighted by Gasteiger charge is 2.32. The number of hydrogen-bond donors (Lipinski definition) is 1. The largest absolute Gasteiger partial charge is 0.329 e. The van der Waals surface area contributed by atoms with Crippen LogP contribution in [0.2, 0.25) is 0 Å². The second-order valence-corrected chi connectivity index (χ2v) is 6.10. The average Bonchev–Trinajstić information content (AvgIpc) is 2.95. The molecular weight excluding hydrogens is 308 g/mol. The lowest BCUT2D eigenvalue weighted by Crippen LogP contribution is -2.38. The zero-order chi connectivity index (χ0) is 10.8. The molecule has 1 aromatic heterocycles. The third-order valence-corrected chi connectivity index (χ3v) is 4.97. The zero-order valence-corrected chi connectivity index (χ0v) is 12.6. The van der Waals surface area contributed by atoms with Crippen molar-refractivity contribution in [3.05, 3.63) is 20.8 Å². The molecular formula is C11H18BrClN2S. The Balaban J connectivity index is 0.00000128. The molecule has 0 aliphatic heterocycles. The second-order valence-electron chi connectivity index (χ2n) is 4.25. The summed E-state index contributed by atoms with van der Waals surface area (Å²) in [7, 11) is 2.18. The van der Waals surface area contributed by atoms with Gasteiger partial charge in [-0.05, 0) is 53.2 Å². The minimum atomic E-state index is 0. The summed E-state index contributed by atoms with van der Waals surface area (Å²) in [6, 6.07) is 2.68. The van der Waals surface area contributed by atoms with Crippen molar-refractivity contribution in [1.82, 2.24) is 4.90 Å². The van der Waals surface area contributed by atoms with E-state index >= 15 is 0 Å². The standard InChI is InChI=1S/C11H17BrN2S.ClH/c1-14(10(6-13)8-2-3-8)7-11-9(12)4-5-15-11;/h4-5,8,10H,2-3,6-7,13H2,1H3;1H. The molecule has 1 atom stereocenters. The highest BCUT2D eigenvalue weighted by molar-refractivity contribution is 9.10. The molecule has 0 bridgehead atoms. The predicted molar refractivity (Wildman–Crippen MR) is 76.3 cm³/mol. The van der Waals surface area contributed by atoms with Gasteiger partial charge in [-0.25, -0.2) is 0 Å². The Kier molecular flexibility index (Phi) is 5.74. The van der Waals surface area contributed by atoms with Gasteiger partial charge in [0.1, 0.15) is 0 Å². The summed E-state index contributed by atoms with van der Waals surface area (Å²) >= 11 is 5.38. The molecule has 1 aromatic rings. The van der Waals surface area contributed by atoms with Gasteiger partial charge in [0.15, 0.2) is 0 Å². The number of halogens is 2. The van der Waals surface area contributed by atoms with Crippen molar-refractivity contribution in [3.8, 4) is 0 Å². The lowest BCUT2D eigenvalue weighted by molar-refractivity contribution is 0.217. The predicted octanol–water partition coefficient (Wildman–Crippen LogP) is 3.10. The van der Waals surface area contributed by atoms with Crippen molar-refractivity contribution in [2.24, 2.45) is 11.7 Å². The van der Waals surface area contributed by atoms with Crippen LogP contribution in [0.3, 0.4) is 0 Å². The van der Waals surface area contributed by atoms with E-state index in [9.17, 15) is 0 Å². The SMILES string of the molecule is CN(Cc1sccc1Br)C(CN)C1CC1.Cl. The van der Waals surface area contributed by atoms with E-state index in [4.69, 9.17) is 5.73 Å². The number of nitrogens with zero attached hydrogens (tertiary/aromatic N) is 1. The molecule has 2 nitrogen and oxygen atoms in total. The molecule has 2 rings (SSSR count). The fourth-order valence-electron chi connectivity index (χ4n) is 1.99. The summed E-state index contributed by atoms with van der Waals surface area (Å²) in [5.74, 6) is 0.846. The van der Waals surface area contributed by atoms with Gasteiger partial charge >= 0.3 is 0 Å². The van der Waals surface area contributed by atoms with E-state index in [1.807, 2.05) is 11.3 Å². The summed E-state index contributed by atoms with van der Waals surface area (Å²) in [6.07, 6.45) is 2.72. The van der Waals surface area contributed by atoms with Crippen LogP contribution in [0.25, 0.3) is 0 Å². The quantitative estimate of drug-likeness (QED) is 0.901. The molecule has 1 saturated carbocycles. The van der Waals surface area contributed by atoms with Crippen LogP contribution in [-0.4, -0.2) is 24.5 Å². The van der Waals surface area contributed by atoms with Crippen molar-refractivity contribution in [2.75, 3.05) is 13.6 Å². The molecule has 1 aliphatic rings. The van der Waals surface area contributed by atoms with E-state index in [1.54, 1.807) is 0 Å². The fraction of sp³-hybridized carbons (Fsp3) is 0.636. The monoisotopic (exact) mass is 324 g/mol. The highest BCUT2D eigenvalue weighted by Crippen LogP contribution is 2.35. The van der Waals surface area contributed by atoms with E-state index in [0.717, 1.165) is 19.0 Å². The highest BCUT2D eigenvalue weighted by atomic mass is 79.9. The zero-order valence-electron chi connectivity index (χ0n) is 9.36. The van der Waals surface area contributed by atoms with Crippen LogP contribution in [0.1, 0.15) is 17.7 Å². The molecule has 16 heavy (non-hydrogen) atoms. The maximum atomic E-state index is 5.83. The first-order chi connectivity index (χ1) is 7.22. The number of likely N-dealkylation sites (N-methyl/N-ethyl adjacent to an activating group) is 1. The minimum Gasteiger partial charge on any atom is -0.329 e. The summed E-state index contributed by atoms with van der Waals surface area (Å²) in [4.78, 5) is 3.80. The van der Waals surface area contributed by atoms with Crippen LogP contribution < -0.4 is 5.73 Å². The summed E-state index contributed by atoms with van der Waals surface area (Å²) in [5.41, 5.74) is 5.83. The van der Waals surface area contributed by atoms with E-state index in [-0.39, 0.29) is 12.4 Å². The third kappa shape index (κ3) is 3.44. The van der Waals surface area contributed by atoms with Crippen molar-refractivity contribution in [1.29, 1.82) is 0 Å². The average molecular weight is 326 g/mol. The molecule has 0 amide bonds. The maximum Gasteiger partial charge on any atom is 0.0339 e. The van der Waals surface area contributed by atoms with Crippen LogP contribution in [0, 0.1) is 5.92 Å². The Morgan fingerprint density at radius 1 is 1.62 bits per heavy atom. The summed E-state index contributed by atoms with van der Waals surface area (Å²) in [6.45, 7) is 1.79. The van der Waals surface area contributed by atoms with Gasteiger partial charge < -0.3 is 5.73 Å². The minimum absolute atomic E-state index is 0. The molecule has 0 saturated heterocycles. The van der Waals surface area contributed by atoms with Crippen molar-refractivity contribution < 1.29 is 0 Å². The molecule has 5 heteroatoms. The summed E-state index contributed by atoms with van der Waals surface area (Å²) < 4.78 is 1.23. The van der Waals surface area contributed by atoms with E-state index < -0.39 is 0 Å². The first-order valence-corrected chi connectivity index (χ1v) is 7.01. The number of rotatable bonds is 5. The Morgan fingerprint density at radius 2 is 2.31 bits per heavy atom. The lowest BCUT2D eigenvalue weighted by Gasteiger charge is -2.26. The topological polar surface area (TPSA) is 29.3 Å². The van der Waals surface area contributed by atoms with E-state index in [1.165, 1.54) is 22.2 Å². The number of nitrogens with two attached hydrogens (primary N) is 1.